The first-order valence-corrected chi connectivity index (χ1v) is 5.59. The molecular formula is C12H10Cl2O2. The number of ether oxygens (including phenoxy) is 1. The van der Waals surface area contributed by atoms with E-state index in [-0.39, 0.29) is 10.1 Å². The minimum absolute atomic E-state index is 0.0216. The van der Waals surface area contributed by atoms with Gasteiger partial charge in [0.2, 0.25) is 0 Å². The number of halogens is 2. The first kappa shape index (κ1) is 11.5. The lowest BCUT2D eigenvalue weighted by Gasteiger charge is -2.13. The Hall–Kier alpha value is -0.990. The van der Waals surface area contributed by atoms with Crippen LogP contribution in [0.15, 0.2) is 28.3 Å². The molecule has 1 aromatic rings. The van der Waals surface area contributed by atoms with Crippen LogP contribution in [0.25, 0.3) is 0 Å². The maximum absolute atomic E-state index is 11.2. The minimum atomic E-state index is -0.559. The number of carbonyl (C=O) groups is 1. The maximum atomic E-state index is 11.2. The molecule has 0 fully saturated rings. The van der Waals surface area contributed by atoms with E-state index < -0.39 is 12.1 Å². The zero-order valence-electron chi connectivity index (χ0n) is 8.88. The number of hydrogen-bond acceptors (Lipinski definition) is 2. The Labute approximate surface area is 104 Å². The fourth-order valence-corrected chi connectivity index (χ4v) is 2.13. The molecule has 16 heavy (non-hydrogen) atoms. The molecule has 2 nitrogen and oxygen atoms in total. The van der Waals surface area contributed by atoms with Crippen LogP contribution < -0.4 is 0 Å². The molecule has 0 spiro atoms. The van der Waals surface area contributed by atoms with Crippen molar-refractivity contribution in [2.45, 2.75) is 20.0 Å². The van der Waals surface area contributed by atoms with Crippen molar-refractivity contribution >= 4 is 29.2 Å². The second-order valence-electron chi connectivity index (χ2n) is 3.81. The molecule has 0 N–H and O–H groups in total. The normalized spacial score (nSPS) is 20.2. The predicted molar refractivity (Wildman–Crippen MR) is 63.5 cm³/mol. The highest BCUT2D eigenvalue weighted by Gasteiger charge is 2.33. The average molecular weight is 257 g/mol. The second-order valence-corrected chi connectivity index (χ2v) is 4.59. The van der Waals surface area contributed by atoms with Crippen LogP contribution in [0.4, 0.5) is 0 Å². The van der Waals surface area contributed by atoms with Crippen LogP contribution in [-0.2, 0) is 9.53 Å². The van der Waals surface area contributed by atoms with Crippen LogP contribution in [0.2, 0.25) is 0 Å². The highest BCUT2D eigenvalue weighted by molar-refractivity contribution is 6.48. The van der Waals surface area contributed by atoms with Gasteiger partial charge in [-0.05, 0) is 19.4 Å². The lowest BCUT2D eigenvalue weighted by atomic mass is 10.0. The molecule has 0 saturated carbocycles. The van der Waals surface area contributed by atoms with Crippen molar-refractivity contribution in [1.82, 2.24) is 0 Å². The lowest BCUT2D eigenvalue weighted by molar-refractivity contribution is -0.139. The Balaban J connectivity index is 2.44. The monoisotopic (exact) mass is 256 g/mol. The smallest absolute Gasteiger partial charge is 0.352 e. The Bertz CT molecular complexity index is 492. The molecule has 4 heteroatoms. The predicted octanol–water partition coefficient (Wildman–Crippen LogP) is 3.59. The van der Waals surface area contributed by atoms with Gasteiger partial charge in [-0.15, -0.1) is 0 Å². The van der Waals surface area contributed by atoms with E-state index in [1.807, 2.05) is 32.0 Å². The van der Waals surface area contributed by atoms with Gasteiger partial charge in [-0.1, -0.05) is 47.0 Å². The van der Waals surface area contributed by atoms with Crippen molar-refractivity contribution in [3.8, 4) is 0 Å². The van der Waals surface area contributed by atoms with Gasteiger partial charge in [0.1, 0.15) is 5.03 Å². The molecule has 0 bridgehead atoms. The SMILES string of the molecule is Cc1ccc(C2OC(=O)C(Cl)=C2Cl)c(C)c1. The Morgan fingerprint density at radius 3 is 2.44 bits per heavy atom. The van der Waals surface area contributed by atoms with E-state index in [0.717, 1.165) is 16.7 Å². The summed E-state index contributed by atoms with van der Waals surface area (Å²) in [6, 6.07) is 5.87. The van der Waals surface area contributed by atoms with E-state index in [4.69, 9.17) is 27.9 Å². The van der Waals surface area contributed by atoms with Crippen LogP contribution in [-0.4, -0.2) is 5.97 Å². The topological polar surface area (TPSA) is 26.3 Å². The molecule has 1 unspecified atom stereocenters. The van der Waals surface area contributed by atoms with Crippen molar-refractivity contribution < 1.29 is 9.53 Å². The largest absolute Gasteiger partial charge is 0.447 e. The van der Waals surface area contributed by atoms with Crippen LogP contribution in [0, 0.1) is 13.8 Å². The third-order valence-electron chi connectivity index (χ3n) is 2.55. The second kappa shape index (κ2) is 4.11. The summed E-state index contributed by atoms with van der Waals surface area (Å²) in [5, 5.41) is 0.241. The number of carbonyl (C=O) groups excluding carboxylic acids is 1. The van der Waals surface area contributed by atoms with Crippen molar-refractivity contribution in [2.24, 2.45) is 0 Å². The highest BCUT2D eigenvalue weighted by Crippen LogP contribution is 2.40. The standard InChI is InChI=1S/C12H10Cl2O2/c1-6-3-4-8(7(2)5-6)11-9(13)10(14)12(15)16-11/h3-5,11H,1-2H3. The van der Waals surface area contributed by atoms with Crippen molar-refractivity contribution in [1.29, 1.82) is 0 Å². The summed E-state index contributed by atoms with van der Waals surface area (Å²) in [6.45, 7) is 3.95. The van der Waals surface area contributed by atoms with Crippen molar-refractivity contribution in [2.75, 3.05) is 0 Å². The summed E-state index contributed by atoms with van der Waals surface area (Å²) in [6.07, 6.45) is -0.553. The highest BCUT2D eigenvalue weighted by atomic mass is 35.5. The fraction of sp³-hybridized carbons (Fsp3) is 0.250. The Morgan fingerprint density at radius 2 is 1.94 bits per heavy atom. The molecule has 2 rings (SSSR count). The molecular weight excluding hydrogens is 247 g/mol. The van der Waals surface area contributed by atoms with Gasteiger partial charge in [-0.25, -0.2) is 4.79 Å². The third-order valence-corrected chi connectivity index (χ3v) is 3.39. The van der Waals surface area contributed by atoms with Crippen LogP contribution in [0.3, 0.4) is 0 Å². The number of esters is 1. The number of rotatable bonds is 1. The summed E-state index contributed by atoms with van der Waals surface area (Å²) in [5.74, 6) is -0.559. The minimum Gasteiger partial charge on any atom is -0.447 e. The molecule has 0 aliphatic carbocycles. The number of hydrogen-bond donors (Lipinski definition) is 0. The Morgan fingerprint density at radius 1 is 1.25 bits per heavy atom. The first-order chi connectivity index (χ1) is 7.50. The molecule has 1 aliphatic rings. The van der Waals surface area contributed by atoms with E-state index in [1.54, 1.807) is 0 Å². The fourth-order valence-electron chi connectivity index (χ4n) is 1.74. The zero-order valence-corrected chi connectivity index (χ0v) is 10.4. The molecule has 0 saturated heterocycles. The van der Waals surface area contributed by atoms with Gasteiger partial charge in [0.25, 0.3) is 0 Å². The van der Waals surface area contributed by atoms with E-state index in [1.165, 1.54) is 0 Å². The number of aryl methyl sites for hydroxylation is 2. The summed E-state index contributed by atoms with van der Waals surface area (Å²) in [5.41, 5.74) is 3.05. The molecule has 1 atom stereocenters. The van der Waals surface area contributed by atoms with Gasteiger partial charge in [0, 0.05) is 5.56 Å². The summed E-state index contributed by atoms with van der Waals surface area (Å²) in [4.78, 5) is 11.2. The van der Waals surface area contributed by atoms with Gasteiger partial charge in [-0.2, -0.15) is 0 Å². The summed E-state index contributed by atoms with van der Waals surface area (Å²) >= 11 is 11.7. The van der Waals surface area contributed by atoms with Crippen LogP contribution in [0.5, 0.6) is 0 Å². The van der Waals surface area contributed by atoms with E-state index in [0.29, 0.717) is 0 Å². The number of cyclic esters (lactones) is 1. The zero-order chi connectivity index (χ0) is 11.9. The van der Waals surface area contributed by atoms with Gasteiger partial charge in [0.15, 0.2) is 6.10 Å². The van der Waals surface area contributed by atoms with Gasteiger partial charge < -0.3 is 4.74 Å². The summed E-state index contributed by atoms with van der Waals surface area (Å²) < 4.78 is 5.12. The first-order valence-electron chi connectivity index (χ1n) is 4.84. The van der Waals surface area contributed by atoms with Gasteiger partial charge in [-0.3, -0.25) is 0 Å². The van der Waals surface area contributed by atoms with E-state index in [2.05, 4.69) is 0 Å². The number of benzene rings is 1. The van der Waals surface area contributed by atoms with Gasteiger partial charge in [0.05, 0.1) is 5.03 Å². The maximum Gasteiger partial charge on any atom is 0.352 e. The molecule has 84 valence electrons. The van der Waals surface area contributed by atoms with E-state index >= 15 is 0 Å². The lowest BCUT2D eigenvalue weighted by Crippen LogP contribution is -2.03. The van der Waals surface area contributed by atoms with Gasteiger partial charge >= 0.3 is 5.97 Å². The molecule has 1 aliphatic heterocycles. The van der Waals surface area contributed by atoms with Crippen LogP contribution >= 0.6 is 23.2 Å². The molecule has 0 radical (unpaired) electrons. The Kier molecular flexibility index (Phi) is 2.96. The summed E-state index contributed by atoms with van der Waals surface area (Å²) in [7, 11) is 0. The van der Waals surface area contributed by atoms with Crippen LogP contribution in [0.1, 0.15) is 22.8 Å². The third kappa shape index (κ3) is 1.83. The van der Waals surface area contributed by atoms with Crippen molar-refractivity contribution in [3.05, 3.63) is 45.0 Å². The van der Waals surface area contributed by atoms with E-state index in [9.17, 15) is 4.79 Å². The van der Waals surface area contributed by atoms with Crippen molar-refractivity contribution in [3.63, 3.8) is 0 Å². The molecule has 1 aromatic carbocycles. The molecule has 0 amide bonds. The quantitative estimate of drug-likeness (QED) is 0.718. The molecule has 0 aromatic heterocycles. The average Bonchev–Trinajstić information content (AvgIpc) is 2.46. The molecule has 1 heterocycles.